The Morgan fingerprint density at radius 1 is 1.03 bits per heavy atom. The fourth-order valence-electron chi connectivity index (χ4n) is 4.04. The molecule has 0 bridgehead atoms. The van der Waals surface area contributed by atoms with Crippen molar-refractivity contribution in [3.05, 3.63) is 48.2 Å². The monoisotopic (exact) mass is 443 g/mol. The Kier molecular flexibility index (Phi) is 6.27. The van der Waals surface area contributed by atoms with E-state index in [0.29, 0.717) is 25.1 Å². The van der Waals surface area contributed by atoms with Gasteiger partial charge in [0.2, 0.25) is 15.9 Å². The maximum atomic E-state index is 13.1. The van der Waals surface area contributed by atoms with Crippen LogP contribution in [0.4, 0.5) is 11.5 Å². The number of likely N-dealkylation sites (N-methyl/N-ethyl adjacent to an activating group) is 1. The van der Waals surface area contributed by atoms with Crippen molar-refractivity contribution in [1.29, 1.82) is 0 Å². The molecule has 1 aromatic carbocycles. The van der Waals surface area contributed by atoms with E-state index in [1.165, 1.54) is 4.31 Å². The van der Waals surface area contributed by atoms with Crippen LogP contribution < -0.4 is 10.2 Å². The second-order valence-corrected chi connectivity index (χ2v) is 10.2. The standard InChI is InChI=1S/C22H29N5O3S/c1-17-5-8-19(9-6-17)31(29,30)27-11-3-4-20(27)22(28)24-18-7-10-21(23-16-18)26-14-12-25(2)13-15-26/h5-10,16,20H,3-4,11-15H2,1-2H3,(H,24,28)/t20-/m0/s1. The van der Waals surface area contributed by atoms with Gasteiger partial charge in [0.25, 0.3) is 0 Å². The maximum Gasteiger partial charge on any atom is 0.243 e. The molecule has 31 heavy (non-hydrogen) atoms. The summed E-state index contributed by atoms with van der Waals surface area (Å²) in [6.45, 7) is 6.08. The summed E-state index contributed by atoms with van der Waals surface area (Å²) >= 11 is 0. The van der Waals surface area contributed by atoms with Crippen LogP contribution >= 0.6 is 0 Å². The molecular formula is C22H29N5O3S. The average Bonchev–Trinajstić information content (AvgIpc) is 3.26. The third-order valence-electron chi connectivity index (χ3n) is 5.98. The first-order valence-electron chi connectivity index (χ1n) is 10.6. The van der Waals surface area contributed by atoms with Crippen LogP contribution in [-0.4, -0.2) is 74.3 Å². The molecular weight excluding hydrogens is 414 g/mol. The molecule has 3 heterocycles. The third-order valence-corrected chi connectivity index (χ3v) is 7.90. The Balaban J connectivity index is 1.43. The van der Waals surface area contributed by atoms with Gasteiger partial charge in [0.1, 0.15) is 11.9 Å². The Morgan fingerprint density at radius 3 is 2.39 bits per heavy atom. The molecule has 9 heteroatoms. The van der Waals surface area contributed by atoms with Crippen molar-refractivity contribution in [2.24, 2.45) is 0 Å². The van der Waals surface area contributed by atoms with Gasteiger partial charge in [0.05, 0.1) is 16.8 Å². The summed E-state index contributed by atoms with van der Waals surface area (Å²) < 4.78 is 27.5. The number of nitrogens with zero attached hydrogens (tertiary/aromatic N) is 4. The summed E-state index contributed by atoms with van der Waals surface area (Å²) in [5.41, 5.74) is 1.56. The van der Waals surface area contributed by atoms with Gasteiger partial charge in [0.15, 0.2) is 0 Å². The SMILES string of the molecule is Cc1ccc(S(=O)(=O)N2CCC[C@H]2C(=O)Nc2ccc(N3CCN(C)CC3)nc2)cc1. The van der Waals surface area contributed by atoms with E-state index in [1.54, 1.807) is 30.5 Å². The summed E-state index contributed by atoms with van der Waals surface area (Å²) in [6, 6.07) is 9.74. The molecule has 1 aromatic heterocycles. The number of hydrogen-bond donors (Lipinski definition) is 1. The van der Waals surface area contributed by atoms with E-state index in [2.05, 4.69) is 27.1 Å². The maximum absolute atomic E-state index is 13.1. The molecule has 2 aliphatic heterocycles. The molecule has 2 saturated heterocycles. The number of carbonyl (C=O) groups excluding carboxylic acids is 1. The van der Waals surface area contributed by atoms with Crippen LogP contribution in [0.25, 0.3) is 0 Å². The van der Waals surface area contributed by atoms with Crippen LogP contribution in [0.1, 0.15) is 18.4 Å². The molecule has 0 saturated carbocycles. The predicted molar refractivity (Wildman–Crippen MR) is 121 cm³/mol. The number of anilines is 2. The van der Waals surface area contributed by atoms with E-state index in [9.17, 15) is 13.2 Å². The molecule has 1 N–H and O–H groups in total. The van der Waals surface area contributed by atoms with Crippen LogP contribution in [0, 0.1) is 6.92 Å². The fraction of sp³-hybridized carbons (Fsp3) is 0.455. The predicted octanol–water partition coefficient (Wildman–Crippen LogP) is 1.93. The van der Waals surface area contributed by atoms with Gasteiger partial charge in [-0.05, 0) is 51.1 Å². The van der Waals surface area contributed by atoms with Crippen LogP contribution in [0.5, 0.6) is 0 Å². The lowest BCUT2D eigenvalue weighted by atomic mass is 10.2. The normalized spacial score (nSPS) is 20.7. The fourth-order valence-corrected chi connectivity index (χ4v) is 5.70. The summed E-state index contributed by atoms with van der Waals surface area (Å²) in [4.78, 5) is 22.1. The van der Waals surface area contributed by atoms with E-state index < -0.39 is 16.1 Å². The zero-order valence-electron chi connectivity index (χ0n) is 18.0. The molecule has 0 aliphatic carbocycles. The van der Waals surface area contributed by atoms with E-state index in [-0.39, 0.29) is 10.8 Å². The molecule has 166 valence electrons. The Bertz CT molecular complexity index is 1020. The lowest BCUT2D eigenvalue weighted by molar-refractivity contribution is -0.119. The highest BCUT2D eigenvalue weighted by atomic mass is 32.2. The zero-order chi connectivity index (χ0) is 22.0. The molecule has 0 radical (unpaired) electrons. The Labute approximate surface area is 183 Å². The lowest BCUT2D eigenvalue weighted by Crippen LogP contribution is -2.44. The minimum atomic E-state index is -3.72. The number of rotatable bonds is 5. The van der Waals surface area contributed by atoms with Gasteiger partial charge in [-0.1, -0.05) is 17.7 Å². The Hall–Kier alpha value is -2.49. The van der Waals surface area contributed by atoms with E-state index in [4.69, 9.17) is 0 Å². The van der Waals surface area contributed by atoms with Crippen molar-refractivity contribution in [3.63, 3.8) is 0 Å². The first-order valence-corrected chi connectivity index (χ1v) is 12.1. The summed E-state index contributed by atoms with van der Waals surface area (Å²) in [6.07, 6.45) is 2.80. The van der Waals surface area contributed by atoms with Gasteiger partial charge in [-0.15, -0.1) is 0 Å². The smallest absolute Gasteiger partial charge is 0.243 e. The van der Waals surface area contributed by atoms with Crippen LogP contribution in [0.3, 0.4) is 0 Å². The molecule has 2 fully saturated rings. The molecule has 0 spiro atoms. The van der Waals surface area contributed by atoms with Crippen molar-refractivity contribution in [2.45, 2.75) is 30.7 Å². The first kappa shape index (κ1) is 21.7. The molecule has 1 atom stereocenters. The zero-order valence-corrected chi connectivity index (χ0v) is 18.8. The molecule has 2 aliphatic rings. The summed E-state index contributed by atoms with van der Waals surface area (Å²) in [5.74, 6) is 0.567. The summed E-state index contributed by atoms with van der Waals surface area (Å²) in [7, 11) is -1.62. The average molecular weight is 444 g/mol. The highest BCUT2D eigenvalue weighted by Gasteiger charge is 2.39. The largest absolute Gasteiger partial charge is 0.354 e. The molecule has 1 amide bonds. The van der Waals surface area contributed by atoms with Gasteiger partial charge in [-0.3, -0.25) is 4.79 Å². The van der Waals surface area contributed by atoms with Crippen molar-refractivity contribution in [2.75, 3.05) is 50.0 Å². The number of aromatic nitrogens is 1. The third kappa shape index (κ3) is 4.73. The number of hydrogen-bond acceptors (Lipinski definition) is 6. The highest BCUT2D eigenvalue weighted by Crippen LogP contribution is 2.27. The van der Waals surface area contributed by atoms with Crippen LogP contribution in [0.15, 0.2) is 47.5 Å². The number of nitrogens with one attached hydrogen (secondary N) is 1. The van der Waals surface area contributed by atoms with Crippen LogP contribution in [-0.2, 0) is 14.8 Å². The van der Waals surface area contributed by atoms with E-state index in [0.717, 1.165) is 37.6 Å². The number of amides is 1. The minimum absolute atomic E-state index is 0.219. The first-order chi connectivity index (χ1) is 14.8. The molecule has 2 aromatic rings. The van der Waals surface area contributed by atoms with Crippen molar-refractivity contribution < 1.29 is 13.2 Å². The number of piperazine rings is 1. The number of pyridine rings is 1. The second-order valence-electron chi connectivity index (χ2n) is 8.27. The van der Waals surface area contributed by atoms with E-state index in [1.807, 2.05) is 19.1 Å². The van der Waals surface area contributed by atoms with Crippen molar-refractivity contribution in [3.8, 4) is 0 Å². The van der Waals surface area contributed by atoms with Gasteiger partial charge in [-0.2, -0.15) is 4.31 Å². The van der Waals surface area contributed by atoms with Crippen molar-refractivity contribution in [1.82, 2.24) is 14.2 Å². The van der Waals surface area contributed by atoms with Gasteiger partial charge < -0.3 is 15.1 Å². The van der Waals surface area contributed by atoms with E-state index >= 15 is 0 Å². The minimum Gasteiger partial charge on any atom is -0.354 e. The topological polar surface area (TPSA) is 85.8 Å². The number of aryl methyl sites for hydroxylation is 1. The Morgan fingerprint density at radius 2 is 1.74 bits per heavy atom. The molecule has 4 rings (SSSR count). The molecule has 8 nitrogen and oxygen atoms in total. The lowest BCUT2D eigenvalue weighted by Gasteiger charge is -2.33. The van der Waals surface area contributed by atoms with Crippen LogP contribution in [0.2, 0.25) is 0 Å². The van der Waals surface area contributed by atoms with Gasteiger partial charge in [0, 0.05) is 32.7 Å². The summed E-state index contributed by atoms with van der Waals surface area (Å²) in [5, 5.41) is 2.85. The van der Waals surface area contributed by atoms with Crippen molar-refractivity contribution >= 4 is 27.4 Å². The second kappa shape index (κ2) is 8.94. The quantitative estimate of drug-likeness (QED) is 0.760. The van der Waals surface area contributed by atoms with Gasteiger partial charge >= 0.3 is 0 Å². The number of sulfonamides is 1. The number of benzene rings is 1. The van der Waals surface area contributed by atoms with Gasteiger partial charge in [-0.25, -0.2) is 13.4 Å². The molecule has 0 unspecified atom stereocenters. The highest BCUT2D eigenvalue weighted by molar-refractivity contribution is 7.89. The number of carbonyl (C=O) groups is 1.